The third-order valence-electron chi connectivity index (χ3n) is 1.49. The number of rotatable bonds is 2. The van der Waals surface area contributed by atoms with Crippen molar-refractivity contribution in [2.45, 2.75) is 13.0 Å². The number of alkyl halides is 2. The number of hydrogen-bond donors (Lipinski definition) is 1. The van der Waals surface area contributed by atoms with E-state index >= 15 is 0 Å². The fourth-order valence-corrected chi connectivity index (χ4v) is 1.16. The number of hydrogen-bond acceptors (Lipinski definition) is 2. The van der Waals surface area contributed by atoms with E-state index < -0.39 is 22.8 Å². The van der Waals surface area contributed by atoms with Gasteiger partial charge in [0.2, 0.25) is 0 Å². The van der Waals surface area contributed by atoms with Crippen LogP contribution in [0.2, 0.25) is 5.02 Å². The number of nitrogens with two attached hydrogens (primary N) is 1. The van der Waals surface area contributed by atoms with Crippen LogP contribution in [0.3, 0.4) is 0 Å². The molecule has 1 aromatic heterocycles. The molecule has 13 heavy (non-hydrogen) atoms. The molecule has 0 atom stereocenters. The Balaban J connectivity index is 3.30. The molecule has 6 heteroatoms. The summed E-state index contributed by atoms with van der Waals surface area (Å²) >= 11 is 5.45. The Morgan fingerprint density at radius 1 is 1.54 bits per heavy atom. The molecular formula is C7H6ClF3N2. The summed E-state index contributed by atoms with van der Waals surface area (Å²) < 4.78 is 37.2. The molecular weight excluding hydrogens is 205 g/mol. The first kappa shape index (κ1) is 10.3. The molecule has 72 valence electrons. The highest BCUT2D eigenvalue weighted by Crippen LogP contribution is 2.30. The van der Waals surface area contributed by atoms with E-state index in [1.807, 2.05) is 0 Å². The molecule has 0 saturated heterocycles. The van der Waals surface area contributed by atoms with Crippen molar-refractivity contribution in [2.24, 2.45) is 5.73 Å². The second-order valence-electron chi connectivity index (χ2n) is 2.29. The van der Waals surface area contributed by atoms with Crippen molar-refractivity contribution in [1.29, 1.82) is 0 Å². The largest absolute Gasteiger partial charge is 0.325 e. The molecule has 1 aromatic rings. The van der Waals surface area contributed by atoms with Crippen LogP contribution in [0.15, 0.2) is 6.20 Å². The van der Waals surface area contributed by atoms with Crippen LogP contribution < -0.4 is 5.73 Å². The molecule has 0 aliphatic heterocycles. The lowest BCUT2D eigenvalue weighted by Crippen LogP contribution is -2.05. The van der Waals surface area contributed by atoms with Gasteiger partial charge in [-0.1, -0.05) is 11.6 Å². The topological polar surface area (TPSA) is 38.9 Å². The van der Waals surface area contributed by atoms with Gasteiger partial charge in [-0.15, -0.1) is 0 Å². The summed E-state index contributed by atoms with van der Waals surface area (Å²) in [6, 6.07) is 0. The van der Waals surface area contributed by atoms with Crippen LogP contribution >= 0.6 is 11.6 Å². The minimum absolute atomic E-state index is 0.0679. The van der Waals surface area contributed by atoms with E-state index in [0.717, 1.165) is 0 Å². The molecule has 0 radical (unpaired) electrons. The summed E-state index contributed by atoms with van der Waals surface area (Å²) in [5.74, 6) is -1.11. The highest BCUT2D eigenvalue weighted by atomic mass is 35.5. The lowest BCUT2D eigenvalue weighted by atomic mass is 10.2. The van der Waals surface area contributed by atoms with E-state index in [4.69, 9.17) is 17.3 Å². The summed E-state index contributed by atoms with van der Waals surface area (Å²) in [7, 11) is 0. The minimum Gasteiger partial charge on any atom is -0.325 e. The van der Waals surface area contributed by atoms with Gasteiger partial charge in [-0.3, -0.25) is 4.98 Å². The van der Waals surface area contributed by atoms with Crippen LogP contribution in [-0.2, 0) is 6.54 Å². The summed E-state index contributed by atoms with van der Waals surface area (Å²) in [6.07, 6.45) is -2.27. The van der Waals surface area contributed by atoms with Crippen molar-refractivity contribution in [3.05, 3.63) is 28.3 Å². The van der Waals surface area contributed by atoms with E-state index in [2.05, 4.69) is 4.98 Å². The second kappa shape index (κ2) is 3.93. The fourth-order valence-electron chi connectivity index (χ4n) is 0.863. The van der Waals surface area contributed by atoms with Crippen LogP contribution in [0.5, 0.6) is 0 Å². The first-order valence-electron chi connectivity index (χ1n) is 3.39. The molecule has 0 spiro atoms. The van der Waals surface area contributed by atoms with Gasteiger partial charge in [0.15, 0.2) is 5.82 Å². The molecule has 1 heterocycles. The van der Waals surface area contributed by atoms with Gasteiger partial charge in [0.1, 0.15) is 0 Å². The molecule has 0 aliphatic rings. The van der Waals surface area contributed by atoms with Gasteiger partial charge in [-0.25, -0.2) is 13.2 Å². The lowest BCUT2D eigenvalue weighted by molar-refractivity contribution is 0.146. The standard InChI is InChI=1S/C7H6ClF3N2/c8-6-4(1-12)13-2-3(9)5(6)7(10)11/h2,7H,1,12H2. The maximum absolute atomic E-state index is 12.7. The van der Waals surface area contributed by atoms with Gasteiger partial charge in [-0.05, 0) is 0 Å². The van der Waals surface area contributed by atoms with Crippen molar-refractivity contribution < 1.29 is 13.2 Å². The number of pyridine rings is 1. The molecule has 0 amide bonds. The summed E-state index contributed by atoms with van der Waals surface area (Å²) in [6.45, 7) is -0.0984. The third kappa shape index (κ3) is 1.92. The van der Waals surface area contributed by atoms with Crippen molar-refractivity contribution in [1.82, 2.24) is 4.98 Å². The maximum Gasteiger partial charge on any atom is 0.268 e. The number of nitrogens with zero attached hydrogens (tertiary/aromatic N) is 1. The quantitative estimate of drug-likeness (QED) is 0.813. The highest BCUT2D eigenvalue weighted by Gasteiger charge is 2.20. The monoisotopic (exact) mass is 210 g/mol. The fraction of sp³-hybridized carbons (Fsp3) is 0.286. The Morgan fingerprint density at radius 3 is 2.62 bits per heavy atom. The normalized spacial score (nSPS) is 10.9. The molecule has 0 aliphatic carbocycles. The van der Waals surface area contributed by atoms with E-state index in [-0.39, 0.29) is 12.2 Å². The Bertz CT molecular complexity index is 317. The molecule has 0 unspecified atom stereocenters. The van der Waals surface area contributed by atoms with Gasteiger partial charge in [0.05, 0.1) is 22.5 Å². The smallest absolute Gasteiger partial charge is 0.268 e. The molecule has 2 N–H and O–H groups in total. The summed E-state index contributed by atoms with van der Waals surface area (Å²) in [5.41, 5.74) is 4.39. The minimum atomic E-state index is -2.96. The van der Waals surface area contributed by atoms with Crippen molar-refractivity contribution in [2.75, 3.05) is 0 Å². The van der Waals surface area contributed by atoms with Crippen molar-refractivity contribution in [3.63, 3.8) is 0 Å². The van der Waals surface area contributed by atoms with Gasteiger partial charge >= 0.3 is 0 Å². The predicted octanol–water partition coefficient (Wildman–Crippen LogP) is 2.27. The SMILES string of the molecule is NCc1ncc(F)c(C(F)F)c1Cl. The molecule has 2 nitrogen and oxygen atoms in total. The van der Waals surface area contributed by atoms with Gasteiger partial charge in [-0.2, -0.15) is 0 Å². The highest BCUT2D eigenvalue weighted by molar-refractivity contribution is 6.32. The molecule has 0 fully saturated rings. The van der Waals surface area contributed by atoms with E-state index in [1.54, 1.807) is 0 Å². The van der Waals surface area contributed by atoms with E-state index in [0.29, 0.717) is 6.20 Å². The predicted molar refractivity (Wildman–Crippen MR) is 42.1 cm³/mol. The Morgan fingerprint density at radius 2 is 2.15 bits per heavy atom. The Hall–Kier alpha value is -0.810. The van der Waals surface area contributed by atoms with Crippen molar-refractivity contribution in [3.8, 4) is 0 Å². The maximum atomic E-state index is 12.7. The molecule has 1 rings (SSSR count). The average Bonchev–Trinajstić information content (AvgIpc) is 2.04. The van der Waals surface area contributed by atoms with Crippen LogP contribution in [0.25, 0.3) is 0 Å². The lowest BCUT2D eigenvalue weighted by Gasteiger charge is -2.07. The molecule has 0 saturated carbocycles. The number of aromatic nitrogens is 1. The molecule has 0 aromatic carbocycles. The van der Waals surface area contributed by atoms with Crippen molar-refractivity contribution >= 4 is 11.6 Å². The van der Waals surface area contributed by atoms with Crippen LogP contribution in [0.4, 0.5) is 13.2 Å². The van der Waals surface area contributed by atoms with E-state index in [1.165, 1.54) is 0 Å². The first-order chi connectivity index (χ1) is 6.07. The zero-order valence-electron chi connectivity index (χ0n) is 6.40. The van der Waals surface area contributed by atoms with Crippen LogP contribution in [0, 0.1) is 5.82 Å². The van der Waals surface area contributed by atoms with Crippen LogP contribution in [-0.4, -0.2) is 4.98 Å². The second-order valence-corrected chi connectivity index (χ2v) is 2.66. The van der Waals surface area contributed by atoms with Gasteiger partial charge < -0.3 is 5.73 Å². The molecule has 0 bridgehead atoms. The Labute approximate surface area is 77.5 Å². The average molecular weight is 211 g/mol. The van der Waals surface area contributed by atoms with Crippen LogP contribution in [0.1, 0.15) is 17.7 Å². The van der Waals surface area contributed by atoms with Gasteiger partial charge in [0, 0.05) is 6.54 Å². The third-order valence-corrected chi connectivity index (χ3v) is 1.91. The van der Waals surface area contributed by atoms with E-state index in [9.17, 15) is 13.2 Å². The zero-order chi connectivity index (χ0) is 10.0. The summed E-state index contributed by atoms with van der Waals surface area (Å²) in [5, 5.41) is -0.391. The Kier molecular flexibility index (Phi) is 3.11. The first-order valence-corrected chi connectivity index (χ1v) is 3.76. The number of halogens is 4. The van der Waals surface area contributed by atoms with Gasteiger partial charge in [0.25, 0.3) is 6.43 Å². The zero-order valence-corrected chi connectivity index (χ0v) is 7.15. The summed E-state index contributed by atoms with van der Waals surface area (Å²) in [4.78, 5) is 3.47.